The highest BCUT2D eigenvalue weighted by molar-refractivity contribution is 7.91. The minimum atomic E-state index is -3.55. The lowest BCUT2D eigenvalue weighted by molar-refractivity contribution is 0.563. The minimum Gasteiger partial charge on any atom is -0.249 e. The summed E-state index contributed by atoms with van der Waals surface area (Å²) in [5.74, 6) is 0.214. The summed E-state index contributed by atoms with van der Waals surface area (Å²) in [6, 6.07) is 9.31. The molecule has 2 aromatic rings. The van der Waals surface area contributed by atoms with Gasteiger partial charge in [-0.1, -0.05) is 30.3 Å². The second-order valence-electron chi connectivity index (χ2n) is 4.36. The number of thiazole rings is 1. The zero-order valence-corrected chi connectivity index (χ0v) is 13.3. The van der Waals surface area contributed by atoms with Crippen molar-refractivity contribution in [2.75, 3.05) is 5.88 Å². The van der Waals surface area contributed by atoms with Crippen LogP contribution in [0.25, 0.3) is 0 Å². The molecule has 0 aliphatic carbocycles. The summed E-state index contributed by atoms with van der Waals surface area (Å²) in [5.41, 5.74) is 1.04. The second-order valence-corrected chi connectivity index (χ2v) is 7.84. The molecular formula is C13H15ClN2O2S2. The summed E-state index contributed by atoms with van der Waals surface area (Å²) in [6.45, 7) is 1.77. The number of hydrogen-bond acceptors (Lipinski definition) is 4. The fraction of sp³-hybridized carbons (Fsp3) is 0.308. The molecule has 0 radical (unpaired) electrons. The Balaban J connectivity index is 2.10. The zero-order chi connectivity index (χ0) is 14.6. The van der Waals surface area contributed by atoms with E-state index in [1.807, 2.05) is 30.3 Å². The third kappa shape index (κ3) is 4.02. The lowest BCUT2D eigenvalue weighted by atomic mass is 10.1. The van der Waals surface area contributed by atoms with Crippen molar-refractivity contribution in [2.24, 2.45) is 0 Å². The molecule has 0 aliphatic heterocycles. The Morgan fingerprint density at radius 2 is 2.05 bits per heavy atom. The third-order valence-electron chi connectivity index (χ3n) is 2.70. The smallest absolute Gasteiger partial charge is 0.249 e. The van der Waals surface area contributed by atoms with E-state index >= 15 is 0 Å². The molecule has 0 saturated heterocycles. The van der Waals surface area contributed by atoms with Gasteiger partial charge in [-0.3, -0.25) is 0 Å². The maximum atomic E-state index is 12.2. The number of benzene rings is 1. The quantitative estimate of drug-likeness (QED) is 0.828. The fourth-order valence-electron chi connectivity index (χ4n) is 1.77. The fourth-order valence-corrected chi connectivity index (χ4v) is 4.41. The summed E-state index contributed by atoms with van der Waals surface area (Å²) in [7, 11) is -3.55. The molecule has 0 bridgehead atoms. The van der Waals surface area contributed by atoms with Gasteiger partial charge in [0.05, 0.1) is 11.2 Å². The van der Waals surface area contributed by atoms with Crippen LogP contribution in [0.5, 0.6) is 0 Å². The van der Waals surface area contributed by atoms with Crippen LogP contribution in [0.2, 0.25) is 0 Å². The normalized spacial score (nSPS) is 13.3. The third-order valence-corrected chi connectivity index (χ3v) is 5.96. The molecule has 0 saturated carbocycles. The van der Waals surface area contributed by atoms with Crippen molar-refractivity contribution in [3.05, 3.63) is 47.1 Å². The molecule has 108 valence electrons. The van der Waals surface area contributed by atoms with Gasteiger partial charge in [0.1, 0.15) is 0 Å². The van der Waals surface area contributed by atoms with Gasteiger partial charge >= 0.3 is 0 Å². The lowest BCUT2D eigenvalue weighted by Crippen LogP contribution is -2.37. The number of nitrogens with one attached hydrogen (secondary N) is 1. The Bertz CT molecular complexity index is 656. The van der Waals surface area contributed by atoms with Crippen molar-refractivity contribution in [1.29, 1.82) is 0 Å². The van der Waals surface area contributed by atoms with Crippen molar-refractivity contribution in [3.8, 4) is 0 Å². The molecule has 1 heterocycles. The van der Waals surface area contributed by atoms with E-state index < -0.39 is 10.0 Å². The van der Waals surface area contributed by atoms with Crippen LogP contribution in [0.1, 0.15) is 10.6 Å². The van der Waals surface area contributed by atoms with Crippen molar-refractivity contribution < 1.29 is 8.42 Å². The molecule has 2 rings (SSSR count). The van der Waals surface area contributed by atoms with E-state index in [0.717, 1.165) is 21.9 Å². The highest BCUT2D eigenvalue weighted by atomic mass is 35.5. The number of aryl methyl sites for hydroxylation is 1. The highest BCUT2D eigenvalue weighted by Crippen LogP contribution is 2.18. The molecule has 1 atom stereocenters. The maximum absolute atomic E-state index is 12.2. The molecule has 1 N–H and O–H groups in total. The minimum absolute atomic E-state index is 0.214. The van der Waals surface area contributed by atoms with Crippen molar-refractivity contribution in [2.45, 2.75) is 23.6 Å². The van der Waals surface area contributed by atoms with Gasteiger partial charge in [-0.05, 0) is 18.9 Å². The summed E-state index contributed by atoms with van der Waals surface area (Å²) >= 11 is 7.03. The van der Waals surface area contributed by atoms with Crippen LogP contribution < -0.4 is 4.72 Å². The molecule has 0 spiro atoms. The largest absolute Gasteiger partial charge is 0.251 e. The standard InChI is InChI=1S/C13H15ClN2O2S2/c1-10-15-9-13(19-10)20(17,18)16-12(8-14)7-11-5-3-2-4-6-11/h2-6,9,12,16H,7-8H2,1H3. The lowest BCUT2D eigenvalue weighted by Gasteiger charge is -2.15. The van der Waals surface area contributed by atoms with Gasteiger partial charge in [0, 0.05) is 11.9 Å². The zero-order valence-electron chi connectivity index (χ0n) is 10.9. The van der Waals surface area contributed by atoms with Gasteiger partial charge in [-0.2, -0.15) is 0 Å². The second kappa shape index (κ2) is 6.67. The summed E-state index contributed by atoms with van der Waals surface area (Å²) < 4.78 is 27.3. The number of alkyl halides is 1. The van der Waals surface area contributed by atoms with Crippen LogP contribution in [0.4, 0.5) is 0 Å². The molecular weight excluding hydrogens is 316 g/mol. The first-order chi connectivity index (χ1) is 9.51. The van der Waals surface area contributed by atoms with Crippen LogP contribution in [0.15, 0.2) is 40.7 Å². The first kappa shape index (κ1) is 15.4. The topological polar surface area (TPSA) is 59.1 Å². The Labute approximate surface area is 127 Å². The number of rotatable bonds is 6. The van der Waals surface area contributed by atoms with E-state index in [1.54, 1.807) is 6.92 Å². The Morgan fingerprint density at radius 1 is 1.35 bits per heavy atom. The highest BCUT2D eigenvalue weighted by Gasteiger charge is 2.21. The summed E-state index contributed by atoms with van der Waals surface area (Å²) in [6.07, 6.45) is 1.93. The number of halogens is 1. The Hall–Kier alpha value is -0.950. The number of sulfonamides is 1. The van der Waals surface area contributed by atoms with Crippen LogP contribution in [-0.4, -0.2) is 25.3 Å². The predicted molar refractivity (Wildman–Crippen MR) is 81.8 cm³/mol. The van der Waals surface area contributed by atoms with Crippen LogP contribution >= 0.6 is 22.9 Å². The molecule has 4 nitrogen and oxygen atoms in total. The van der Waals surface area contributed by atoms with Gasteiger partial charge < -0.3 is 0 Å². The van der Waals surface area contributed by atoms with Gasteiger partial charge in [-0.15, -0.1) is 22.9 Å². The molecule has 1 aromatic carbocycles. The van der Waals surface area contributed by atoms with Gasteiger partial charge in [0.25, 0.3) is 10.0 Å². The van der Waals surface area contributed by atoms with E-state index in [2.05, 4.69) is 9.71 Å². The summed E-state index contributed by atoms with van der Waals surface area (Å²) in [4.78, 5) is 3.97. The predicted octanol–water partition coefficient (Wildman–Crippen LogP) is 2.58. The van der Waals surface area contributed by atoms with E-state index in [0.29, 0.717) is 6.42 Å². The maximum Gasteiger partial charge on any atom is 0.251 e. The average Bonchev–Trinajstić information content (AvgIpc) is 2.86. The van der Waals surface area contributed by atoms with E-state index in [9.17, 15) is 8.42 Å². The molecule has 1 unspecified atom stereocenters. The number of hydrogen-bond donors (Lipinski definition) is 1. The monoisotopic (exact) mass is 330 g/mol. The number of aromatic nitrogens is 1. The van der Waals surface area contributed by atoms with Crippen molar-refractivity contribution in [3.63, 3.8) is 0 Å². The van der Waals surface area contributed by atoms with Crippen LogP contribution in [0, 0.1) is 6.92 Å². The first-order valence-corrected chi connectivity index (χ1v) is 8.89. The van der Waals surface area contributed by atoms with Gasteiger partial charge in [-0.25, -0.2) is 18.1 Å². The van der Waals surface area contributed by atoms with E-state index in [1.165, 1.54) is 6.20 Å². The number of nitrogens with zero attached hydrogens (tertiary/aromatic N) is 1. The Kier molecular flexibility index (Phi) is 5.15. The van der Waals surface area contributed by atoms with Crippen LogP contribution in [0.3, 0.4) is 0 Å². The molecule has 0 fully saturated rings. The Morgan fingerprint density at radius 3 is 2.60 bits per heavy atom. The molecule has 1 aromatic heterocycles. The first-order valence-electron chi connectivity index (χ1n) is 6.06. The summed E-state index contributed by atoms with van der Waals surface area (Å²) in [5, 5.41) is 0.718. The SMILES string of the molecule is Cc1ncc(S(=O)(=O)NC(CCl)Cc2ccccc2)s1. The van der Waals surface area contributed by atoms with Crippen molar-refractivity contribution in [1.82, 2.24) is 9.71 Å². The average molecular weight is 331 g/mol. The molecule has 20 heavy (non-hydrogen) atoms. The van der Waals surface area contributed by atoms with E-state index in [4.69, 9.17) is 11.6 Å². The van der Waals surface area contributed by atoms with Crippen LogP contribution in [-0.2, 0) is 16.4 Å². The van der Waals surface area contributed by atoms with Gasteiger partial charge in [0.15, 0.2) is 4.21 Å². The van der Waals surface area contributed by atoms with Crippen molar-refractivity contribution >= 4 is 33.0 Å². The van der Waals surface area contributed by atoms with E-state index in [-0.39, 0.29) is 16.1 Å². The molecule has 0 amide bonds. The molecule has 7 heteroatoms. The van der Waals surface area contributed by atoms with Gasteiger partial charge in [0.2, 0.25) is 0 Å². The molecule has 0 aliphatic rings.